The largest absolute Gasteiger partial charge is 0.348 e. The van der Waals surface area contributed by atoms with Gasteiger partial charge < -0.3 is 10.2 Å². The summed E-state index contributed by atoms with van der Waals surface area (Å²) in [7, 11) is 2.01. The summed E-state index contributed by atoms with van der Waals surface area (Å²) in [4.78, 5) is 8.54. The summed E-state index contributed by atoms with van der Waals surface area (Å²) in [6.07, 6.45) is 2.81. The molecule has 17 heavy (non-hydrogen) atoms. The number of aryl methyl sites for hydroxylation is 1. The first-order valence-electron chi connectivity index (χ1n) is 6.55. The van der Waals surface area contributed by atoms with E-state index in [9.17, 15) is 0 Å². The average molecular weight is 253 g/mol. The molecular weight excluding hydrogens is 230 g/mol. The van der Waals surface area contributed by atoms with Crippen molar-refractivity contribution in [1.82, 2.24) is 10.3 Å². The number of hydrogen-bond acceptors (Lipinski definition) is 4. The van der Waals surface area contributed by atoms with Crippen molar-refractivity contribution in [1.29, 1.82) is 0 Å². The topological polar surface area (TPSA) is 28.2 Å². The number of nitrogens with zero attached hydrogens (tertiary/aromatic N) is 2. The maximum absolute atomic E-state index is 4.74. The first-order valence-corrected chi connectivity index (χ1v) is 7.36. The van der Waals surface area contributed by atoms with Crippen LogP contribution in [0, 0.1) is 12.8 Å². The van der Waals surface area contributed by atoms with Crippen LogP contribution in [0.3, 0.4) is 0 Å². The van der Waals surface area contributed by atoms with Crippen LogP contribution in [-0.2, 0) is 0 Å². The van der Waals surface area contributed by atoms with E-state index in [4.69, 9.17) is 4.98 Å². The minimum absolute atomic E-state index is 0.404. The van der Waals surface area contributed by atoms with Crippen LogP contribution in [0.25, 0.3) is 0 Å². The second-order valence-electron chi connectivity index (χ2n) is 4.94. The molecule has 1 saturated carbocycles. The highest BCUT2D eigenvalue weighted by Gasteiger charge is 2.25. The normalized spacial score (nSPS) is 17.2. The molecule has 0 radical (unpaired) electrons. The van der Waals surface area contributed by atoms with Crippen LogP contribution in [0.15, 0.2) is 0 Å². The number of anilines is 1. The van der Waals surface area contributed by atoms with Gasteiger partial charge >= 0.3 is 0 Å². The van der Waals surface area contributed by atoms with Gasteiger partial charge in [-0.2, -0.15) is 0 Å². The third-order valence-electron chi connectivity index (χ3n) is 3.48. The molecule has 2 rings (SSSR count). The van der Waals surface area contributed by atoms with Crippen molar-refractivity contribution in [3.8, 4) is 0 Å². The Kier molecular flexibility index (Phi) is 4.05. The van der Waals surface area contributed by atoms with E-state index in [0.29, 0.717) is 6.04 Å². The molecule has 1 aliphatic rings. The summed E-state index contributed by atoms with van der Waals surface area (Å²) in [5.41, 5.74) is 1.18. The third kappa shape index (κ3) is 2.99. The van der Waals surface area contributed by atoms with Crippen LogP contribution < -0.4 is 10.2 Å². The van der Waals surface area contributed by atoms with Crippen molar-refractivity contribution in [2.24, 2.45) is 5.92 Å². The Labute approximate surface area is 108 Å². The van der Waals surface area contributed by atoms with E-state index in [1.54, 1.807) is 0 Å². The molecule has 0 amide bonds. The third-order valence-corrected chi connectivity index (χ3v) is 4.88. The number of thiazole rings is 1. The Morgan fingerprint density at radius 2 is 2.24 bits per heavy atom. The summed E-state index contributed by atoms with van der Waals surface area (Å²) < 4.78 is 0. The van der Waals surface area contributed by atoms with Gasteiger partial charge in [-0.05, 0) is 46.6 Å². The van der Waals surface area contributed by atoms with Crippen LogP contribution >= 0.6 is 11.3 Å². The predicted octanol–water partition coefficient (Wildman–Crippen LogP) is 2.97. The number of rotatable bonds is 6. The van der Waals surface area contributed by atoms with Crippen molar-refractivity contribution in [2.45, 2.75) is 39.7 Å². The monoisotopic (exact) mass is 253 g/mol. The highest BCUT2D eigenvalue weighted by atomic mass is 32.1. The van der Waals surface area contributed by atoms with E-state index in [0.717, 1.165) is 12.5 Å². The van der Waals surface area contributed by atoms with Gasteiger partial charge in [0.25, 0.3) is 0 Å². The molecule has 1 atom stereocenters. The van der Waals surface area contributed by atoms with Crippen LogP contribution in [0.2, 0.25) is 0 Å². The standard InChI is InChI=1S/C13H23N3S/c1-5-16(8-11-6-7-11)13-15-10(3)12(17-13)9(2)14-4/h9,11,14H,5-8H2,1-4H3. The lowest BCUT2D eigenvalue weighted by molar-refractivity contribution is 0.658. The van der Waals surface area contributed by atoms with E-state index < -0.39 is 0 Å². The maximum Gasteiger partial charge on any atom is 0.185 e. The van der Waals surface area contributed by atoms with Gasteiger partial charge in [0, 0.05) is 24.0 Å². The molecule has 0 spiro atoms. The molecule has 1 N–H and O–H groups in total. The van der Waals surface area contributed by atoms with Gasteiger partial charge in [-0.25, -0.2) is 4.98 Å². The molecule has 3 nitrogen and oxygen atoms in total. The Hall–Kier alpha value is -0.610. The molecule has 1 heterocycles. The first kappa shape index (κ1) is 12.8. The lowest BCUT2D eigenvalue weighted by Gasteiger charge is -2.19. The quantitative estimate of drug-likeness (QED) is 0.845. The fourth-order valence-corrected chi connectivity index (χ4v) is 3.22. The lowest BCUT2D eigenvalue weighted by Crippen LogP contribution is -2.24. The summed E-state index contributed by atoms with van der Waals surface area (Å²) in [5, 5.41) is 4.50. The van der Waals surface area contributed by atoms with Crippen LogP contribution in [0.5, 0.6) is 0 Å². The second-order valence-corrected chi connectivity index (χ2v) is 5.95. The molecule has 4 heteroatoms. The van der Waals surface area contributed by atoms with E-state index in [1.807, 2.05) is 18.4 Å². The smallest absolute Gasteiger partial charge is 0.185 e. The van der Waals surface area contributed by atoms with Crippen molar-refractivity contribution in [3.05, 3.63) is 10.6 Å². The Bertz CT molecular complexity index is 371. The van der Waals surface area contributed by atoms with Crippen LogP contribution in [-0.4, -0.2) is 25.1 Å². The molecule has 1 aromatic rings. The average Bonchev–Trinajstić information content (AvgIpc) is 3.07. The minimum atomic E-state index is 0.404. The van der Waals surface area contributed by atoms with Crippen LogP contribution in [0.4, 0.5) is 5.13 Å². The van der Waals surface area contributed by atoms with E-state index in [-0.39, 0.29) is 0 Å². The summed E-state index contributed by atoms with van der Waals surface area (Å²) in [6, 6.07) is 0.404. The van der Waals surface area contributed by atoms with Crippen molar-refractivity contribution in [2.75, 3.05) is 25.0 Å². The number of nitrogens with one attached hydrogen (secondary N) is 1. The van der Waals surface area contributed by atoms with Gasteiger partial charge in [0.1, 0.15) is 0 Å². The number of hydrogen-bond donors (Lipinski definition) is 1. The molecule has 1 aliphatic carbocycles. The molecule has 0 saturated heterocycles. The van der Waals surface area contributed by atoms with Crippen molar-refractivity contribution in [3.63, 3.8) is 0 Å². The SMILES string of the molecule is CCN(CC1CC1)c1nc(C)c(C(C)NC)s1. The second kappa shape index (κ2) is 5.36. The zero-order chi connectivity index (χ0) is 12.4. The first-order chi connectivity index (χ1) is 8.15. The lowest BCUT2D eigenvalue weighted by atomic mass is 10.2. The minimum Gasteiger partial charge on any atom is -0.348 e. The van der Waals surface area contributed by atoms with Gasteiger partial charge in [-0.15, -0.1) is 11.3 Å². The molecular formula is C13H23N3S. The number of aromatic nitrogens is 1. The molecule has 1 fully saturated rings. The van der Waals surface area contributed by atoms with Crippen molar-refractivity contribution < 1.29 is 0 Å². The Balaban J connectivity index is 2.13. The van der Waals surface area contributed by atoms with Gasteiger partial charge in [0.2, 0.25) is 0 Å². The van der Waals surface area contributed by atoms with Crippen molar-refractivity contribution >= 4 is 16.5 Å². The van der Waals surface area contributed by atoms with Gasteiger partial charge in [-0.1, -0.05) is 0 Å². The fraction of sp³-hybridized carbons (Fsp3) is 0.769. The highest BCUT2D eigenvalue weighted by Crippen LogP contribution is 2.35. The van der Waals surface area contributed by atoms with E-state index >= 15 is 0 Å². The summed E-state index contributed by atoms with van der Waals surface area (Å²) >= 11 is 1.85. The van der Waals surface area contributed by atoms with Crippen LogP contribution in [0.1, 0.15) is 43.3 Å². The Morgan fingerprint density at radius 3 is 2.76 bits per heavy atom. The zero-order valence-corrected chi connectivity index (χ0v) is 12.1. The zero-order valence-electron chi connectivity index (χ0n) is 11.3. The predicted molar refractivity (Wildman–Crippen MR) is 74.9 cm³/mol. The maximum atomic E-state index is 4.74. The fourth-order valence-electron chi connectivity index (χ4n) is 2.02. The molecule has 0 aromatic carbocycles. The highest BCUT2D eigenvalue weighted by molar-refractivity contribution is 7.15. The molecule has 0 bridgehead atoms. The summed E-state index contributed by atoms with van der Waals surface area (Å²) in [6.45, 7) is 8.80. The van der Waals surface area contributed by atoms with Gasteiger partial charge in [-0.3, -0.25) is 0 Å². The Morgan fingerprint density at radius 1 is 1.53 bits per heavy atom. The van der Waals surface area contributed by atoms with E-state index in [2.05, 4.69) is 31.0 Å². The summed E-state index contributed by atoms with van der Waals surface area (Å²) in [5.74, 6) is 0.921. The molecule has 96 valence electrons. The van der Waals surface area contributed by atoms with Gasteiger partial charge in [0.05, 0.1) is 5.69 Å². The molecule has 0 aliphatic heterocycles. The van der Waals surface area contributed by atoms with E-state index in [1.165, 1.54) is 35.1 Å². The molecule has 1 aromatic heterocycles. The van der Waals surface area contributed by atoms with Gasteiger partial charge in [0.15, 0.2) is 5.13 Å². The molecule has 1 unspecified atom stereocenters.